The van der Waals surface area contributed by atoms with Gasteiger partial charge in [-0.25, -0.2) is 0 Å². The van der Waals surface area contributed by atoms with Gasteiger partial charge in [0.1, 0.15) is 11.6 Å². The van der Waals surface area contributed by atoms with Crippen molar-refractivity contribution in [2.75, 3.05) is 13.1 Å². The van der Waals surface area contributed by atoms with E-state index < -0.39 is 0 Å². The standard InChI is InChI=1S/C11H17N5O2/c1-8(17)13-7-11(18)12-5-4-10-15-14-9-3-2-6-16(9)10/h2-7H2,1H3,(H,12,18)(H,13,17). The van der Waals surface area contributed by atoms with Gasteiger partial charge in [-0.1, -0.05) is 0 Å². The summed E-state index contributed by atoms with van der Waals surface area (Å²) in [6.07, 6.45) is 2.77. The lowest BCUT2D eigenvalue weighted by Crippen LogP contribution is -2.36. The smallest absolute Gasteiger partial charge is 0.239 e. The van der Waals surface area contributed by atoms with Crippen LogP contribution in [-0.2, 0) is 29.0 Å². The average Bonchev–Trinajstić information content (AvgIpc) is 2.90. The van der Waals surface area contributed by atoms with Crippen LogP contribution in [0.2, 0.25) is 0 Å². The molecule has 0 spiro atoms. The highest BCUT2D eigenvalue weighted by atomic mass is 16.2. The highest BCUT2D eigenvalue weighted by molar-refractivity contribution is 5.83. The largest absolute Gasteiger partial charge is 0.354 e. The van der Waals surface area contributed by atoms with Crippen LogP contribution in [0.4, 0.5) is 0 Å². The molecule has 2 N–H and O–H groups in total. The van der Waals surface area contributed by atoms with E-state index in [1.165, 1.54) is 6.92 Å². The van der Waals surface area contributed by atoms with E-state index in [2.05, 4.69) is 25.4 Å². The first-order valence-corrected chi connectivity index (χ1v) is 6.09. The number of carbonyl (C=O) groups is 2. The fourth-order valence-electron chi connectivity index (χ4n) is 1.98. The first kappa shape index (κ1) is 12.5. The molecule has 1 aliphatic heterocycles. The SMILES string of the molecule is CC(=O)NCC(=O)NCCc1nnc2n1CCC2. The monoisotopic (exact) mass is 251 g/mol. The molecule has 0 atom stereocenters. The van der Waals surface area contributed by atoms with Crippen LogP contribution < -0.4 is 10.6 Å². The molecule has 1 aromatic heterocycles. The van der Waals surface area contributed by atoms with E-state index in [1.807, 2.05) is 0 Å². The van der Waals surface area contributed by atoms with Gasteiger partial charge in [0.15, 0.2) is 0 Å². The van der Waals surface area contributed by atoms with Gasteiger partial charge in [-0.3, -0.25) is 9.59 Å². The summed E-state index contributed by atoms with van der Waals surface area (Å²) in [5.41, 5.74) is 0. The van der Waals surface area contributed by atoms with Crippen molar-refractivity contribution < 1.29 is 9.59 Å². The molecule has 2 amide bonds. The van der Waals surface area contributed by atoms with Crippen molar-refractivity contribution in [2.45, 2.75) is 32.7 Å². The van der Waals surface area contributed by atoms with Crippen molar-refractivity contribution >= 4 is 11.8 Å². The Kier molecular flexibility index (Phi) is 3.91. The summed E-state index contributed by atoms with van der Waals surface area (Å²) < 4.78 is 2.11. The zero-order valence-electron chi connectivity index (χ0n) is 10.4. The molecule has 7 nitrogen and oxygen atoms in total. The highest BCUT2D eigenvalue weighted by Gasteiger charge is 2.16. The molecule has 0 aliphatic carbocycles. The van der Waals surface area contributed by atoms with Gasteiger partial charge in [-0.05, 0) is 6.42 Å². The number of hydrogen-bond acceptors (Lipinski definition) is 4. The highest BCUT2D eigenvalue weighted by Crippen LogP contribution is 2.13. The minimum Gasteiger partial charge on any atom is -0.354 e. The van der Waals surface area contributed by atoms with Crippen molar-refractivity contribution in [1.29, 1.82) is 0 Å². The number of fused-ring (bicyclic) bond motifs is 1. The molecule has 1 aromatic rings. The number of aromatic nitrogens is 3. The quantitative estimate of drug-likeness (QED) is 0.704. The van der Waals surface area contributed by atoms with E-state index in [1.54, 1.807) is 0 Å². The van der Waals surface area contributed by atoms with Gasteiger partial charge in [-0.2, -0.15) is 0 Å². The fraction of sp³-hybridized carbons (Fsp3) is 0.636. The second-order valence-electron chi connectivity index (χ2n) is 4.30. The Hall–Kier alpha value is -1.92. The first-order valence-electron chi connectivity index (χ1n) is 6.09. The van der Waals surface area contributed by atoms with Crippen molar-refractivity contribution in [3.8, 4) is 0 Å². The van der Waals surface area contributed by atoms with E-state index in [0.717, 1.165) is 31.0 Å². The predicted molar refractivity (Wildman–Crippen MR) is 63.7 cm³/mol. The van der Waals surface area contributed by atoms with Crippen LogP contribution in [0.1, 0.15) is 25.0 Å². The minimum atomic E-state index is -0.208. The molecule has 0 unspecified atom stereocenters. The van der Waals surface area contributed by atoms with Crippen LogP contribution >= 0.6 is 0 Å². The maximum Gasteiger partial charge on any atom is 0.239 e. The Morgan fingerprint density at radius 3 is 2.94 bits per heavy atom. The predicted octanol–water partition coefficient (Wildman–Crippen LogP) is -0.981. The summed E-state index contributed by atoms with van der Waals surface area (Å²) in [5.74, 6) is 1.56. The number of aryl methyl sites for hydroxylation is 1. The number of rotatable bonds is 5. The molecular formula is C11H17N5O2. The number of carbonyl (C=O) groups excluding carboxylic acids is 2. The zero-order chi connectivity index (χ0) is 13.0. The Labute approximate surface area is 105 Å². The van der Waals surface area contributed by atoms with Crippen LogP contribution in [-0.4, -0.2) is 39.7 Å². The van der Waals surface area contributed by atoms with Gasteiger partial charge >= 0.3 is 0 Å². The summed E-state index contributed by atoms with van der Waals surface area (Å²) in [7, 11) is 0. The summed E-state index contributed by atoms with van der Waals surface area (Å²) >= 11 is 0. The summed E-state index contributed by atoms with van der Waals surface area (Å²) in [6, 6.07) is 0. The number of hydrogen-bond donors (Lipinski definition) is 2. The summed E-state index contributed by atoms with van der Waals surface area (Å²) in [6.45, 7) is 2.88. The lowest BCUT2D eigenvalue weighted by atomic mass is 10.3. The molecule has 98 valence electrons. The number of amides is 2. The Morgan fingerprint density at radius 1 is 1.33 bits per heavy atom. The molecule has 1 aliphatic rings. The molecule has 0 aromatic carbocycles. The Bertz CT molecular complexity index is 454. The maximum atomic E-state index is 11.3. The lowest BCUT2D eigenvalue weighted by molar-refractivity contribution is -0.125. The van der Waals surface area contributed by atoms with Crippen molar-refractivity contribution in [3.63, 3.8) is 0 Å². The summed E-state index contributed by atoms with van der Waals surface area (Å²) in [5, 5.41) is 13.4. The van der Waals surface area contributed by atoms with E-state index in [9.17, 15) is 9.59 Å². The first-order chi connectivity index (χ1) is 8.66. The molecule has 0 bridgehead atoms. The van der Waals surface area contributed by atoms with E-state index in [0.29, 0.717) is 13.0 Å². The maximum absolute atomic E-state index is 11.3. The van der Waals surface area contributed by atoms with Crippen molar-refractivity contribution in [1.82, 2.24) is 25.4 Å². The second-order valence-corrected chi connectivity index (χ2v) is 4.30. The average molecular weight is 251 g/mol. The van der Waals surface area contributed by atoms with E-state index in [4.69, 9.17) is 0 Å². The topological polar surface area (TPSA) is 88.9 Å². The lowest BCUT2D eigenvalue weighted by Gasteiger charge is -2.06. The third kappa shape index (κ3) is 3.06. The van der Waals surface area contributed by atoms with E-state index in [-0.39, 0.29) is 18.4 Å². The fourth-order valence-corrected chi connectivity index (χ4v) is 1.98. The third-order valence-electron chi connectivity index (χ3n) is 2.85. The van der Waals surface area contributed by atoms with Gasteiger partial charge in [-0.15, -0.1) is 10.2 Å². The molecule has 0 saturated heterocycles. The van der Waals surface area contributed by atoms with Gasteiger partial charge < -0.3 is 15.2 Å². The van der Waals surface area contributed by atoms with Crippen molar-refractivity contribution in [2.24, 2.45) is 0 Å². The molecule has 0 radical (unpaired) electrons. The van der Waals surface area contributed by atoms with Gasteiger partial charge in [0.05, 0.1) is 6.54 Å². The zero-order valence-corrected chi connectivity index (χ0v) is 10.4. The second kappa shape index (κ2) is 5.61. The molecule has 0 fully saturated rings. The minimum absolute atomic E-state index is 0.0211. The van der Waals surface area contributed by atoms with E-state index >= 15 is 0 Å². The molecule has 2 heterocycles. The third-order valence-corrected chi connectivity index (χ3v) is 2.85. The molecular weight excluding hydrogens is 234 g/mol. The van der Waals surface area contributed by atoms with Crippen molar-refractivity contribution in [3.05, 3.63) is 11.6 Å². The number of nitrogens with one attached hydrogen (secondary N) is 2. The van der Waals surface area contributed by atoms with Crippen LogP contribution in [0.15, 0.2) is 0 Å². The van der Waals surface area contributed by atoms with Gasteiger partial charge in [0.25, 0.3) is 0 Å². The molecule has 2 rings (SSSR count). The molecule has 7 heteroatoms. The van der Waals surface area contributed by atoms with Crippen LogP contribution in [0.3, 0.4) is 0 Å². The van der Waals surface area contributed by atoms with Gasteiger partial charge in [0.2, 0.25) is 11.8 Å². The normalized spacial score (nSPS) is 13.2. The summed E-state index contributed by atoms with van der Waals surface area (Å²) in [4.78, 5) is 22.0. The molecule has 0 saturated carbocycles. The van der Waals surface area contributed by atoms with Crippen LogP contribution in [0.5, 0.6) is 0 Å². The van der Waals surface area contributed by atoms with Crippen LogP contribution in [0, 0.1) is 0 Å². The van der Waals surface area contributed by atoms with Gasteiger partial charge in [0, 0.05) is 32.9 Å². The molecule has 18 heavy (non-hydrogen) atoms. The Morgan fingerprint density at radius 2 is 2.17 bits per heavy atom. The number of nitrogens with zero attached hydrogens (tertiary/aromatic N) is 3. The van der Waals surface area contributed by atoms with Crippen LogP contribution in [0.25, 0.3) is 0 Å². The Balaban J connectivity index is 1.72.